The molecule has 1 unspecified atom stereocenters. The lowest BCUT2D eigenvalue weighted by Crippen LogP contribution is -2.13. The lowest BCUT2D eigenvalue weighted by atomic mass is 10.1. The number of benzene rings is 2. The van der Waals surface area contributed by atoms with Gasteiger partial charge in [-0.1, -0.05) is 54.1 Å². The third-order valence-electron chi connectivity index (χ3n) is 3.81. The molecule has 5 heteroatoms. The van der Waals surface area contributed by atoms with Gasteiger partial charge >= 0.3 is 0 Å². The summed E-state index contributed by atoms with van der Waals surface area (Å²) in [4.78, 5) is 16.6. The lowest BCUT2D eigenvalue weighted by molar-refractivity contribution is 0.102. The monoisotopic (exact) mass is 351 g/mol. The molecule has 0 saturated heterocycles. The second kappa shape index (κ2) is 7.81. The van der Waals surface area contributed by atoms with Gasteiger partial charge in [-0.05, 0) is 30.7 Å². The van der Waals surface area contributed by atoms with Crippen molar-refractivity contribution in [1.29, 1.82) is 0 Å². The standard InChI is InChI=1S/C20H18ClN3O/c1-14(15-7-3-2-4-8-15)23-17-11-16(12-22-13-17)20(25)24-19-10-6-5-9-18(19)21/h2-14,23H,1H3,(H,24,25). The van der Waals surface area contributed by atoms with Crippen LogP contribution in [-0.4, -0.2) is 10.9 Å². The van der Waals surface area contributed by atoms with E-state index in [4.69, 9.17) is 11.6 Å². The van der Waals surface area contributed by atoms with Crippen LogP contribution in [0.1, 0.15) is 28.9 Å². The number of hydrogen-bond donors (Lipinski definition) is 2. The molecule has 3 rings (SSSR count). The summed E-state index contributed by atoms with van der Waals surface area (Å²) in [5.41, 5.74) is 2.98. The van der Waals surface area contributed by atoms with Crippen LogP contribution in [0.4, 0.5) is 11.4 Å². The zero-order valence-electron chi connectivity index (χ0n) is 13.7. The maximum atomic E-state index is 12.4. The van der Waals surface area contributed by atoms with Crippen LogP contribution in [0.3, 0.4) is 0 Å². The molecule has 0 aliphatic rings. The Morgan fingerprint density at radius 2 is 1.76 bits per heavy atom. The number of nitrogens with zero attached hydrogens (tertiary/aromatic N) is 1. The molecule has 0 radical (unpaired) electrons. The number of halogens is 1. The molecule has 3 aromatic rings. The van der Waals surface area contributed by atoms with Gasteiger partial charge in [-0.15, -0.1) is 0 Å². The molecule has 0 fully saturated rings. The van der Waals surface area contributed by atoms with Crippen LogP contribution in [0.2, 0.25) is 5.02 Å². The zero-order valence-corrected chi connectivity index (χ0v) is 14.5. The summed E-state index contributed by atoms with van der Waals surface area (Å²) in [6.45, 7) is 2.06. The molecule has 4 nitrogen and oxygen atoms in total. The Morgan fingerprint density at radius 3 is 2.52 bits per heavy atom. The van der Waals surface area contributed by atoms with E-state index in [0.717, 1.165) is 11.3 Å². The summed E-state index contributed by atoms with van der Waals surface area (Å²) in [7, 11) is 0. The highest BCUT2D eigenvalue weighted by Crippen LogP contribution is 2.22. The number of aromatic nitrogens is 1. The number of rotatable bonds is 5. The van der Waals surface area contributed by atoms with E-state index in [2.05, 4.69) is 34.7 Å². The molecular weight excluding hydrogens is 334 g/mol. The highest BCUT2D eigenvalue weighted by atomic mass is 35.5. The van der Waals surface area contributed by atoms with Gasteiger partial charge in [0.25, 0.3) is 5.91 Å². The Morgan fingerprint density at radius 1 is 1.04 bits per heavy atom. The summed E-state index contributed by atoms with van der Waals surface area (Å²) in [5, 5.41) is 6.66. The zero-order chi connectivity index (χ0) is 17.6. The Bertz CT molecular complexity index is 868. The van der Waals surface area contributed by atoms with Gasteiger partial charge in [-0.3, -0.25) is 9.78 Å². The van der Waals surface area contributed by atoms with Crippen LogP contribution in [-0.2, 0) is 0 Å². The Labute approximate surface area is 151 Å². The van der Waals surface area contributed by atoms with Crippen LogP contribution in [0.5, 0.6) is 0 Å². The van der Waals surface area contributed by atoms with Gasteiger partial charge < -0.3 is 10.6 Å². The van der Waals surface area contributed by atoms with E-state index >= 15 is 0 Å². The molecule has 1 amide bonds. The fourth-order valence-electron chi connectivity index (χ4n) is 2.48. The molecular formula is C20H18ClN3O. The van der Waals surface area contributed by atoms with Gasteiger partial charge in [0.2, 0.25) is 0 Å². The first-order valence-electron chi connectivity index (χ1n) is 7.96. The van der Waals surface area contributed by atoms with E-state index in [1.54, 1.807) is 24.4 Å². The van der Waals surface area contributed by atoms with Crippen molar-refractivity contribution in [3.8, 4) is 0 Å². The van der Waals surface area contributed by atoms with Crippen LogP contribution in [0.15, 0.2) is 73.1 Å². The number of hydrogen-bond acceptors (Lipinski definition) is 3. The average molecular weight is 352 g/mol. The second-order valence-corrected chi connectivity index (χ2v) is 6.08. The number of para-hydroxylation sites is 1. The van der Waals surface area contributed by atoms with Crippen molar-refractivity contribution >= 4 is 28.9 Å². The molecule has 1 aromatic heterocycles. The molecule has 0 aliphatic heterocycles. The molecule has 2 aromatic carbocycles. The van der Waals surface area contributed by atoms with Gasteiger partial charge in [0, 0.05) is 18.4 Å². The van der Waals surface area contributed by atoms with Crippen molar-refractivity contribution < 1.29 is 4.79 Å². The average Bonchev–Trinajstić information content (AvgIpc) is 2.64. The van der Waals surface area contributed by atoms with E-state index in [1.807, 2.05) is 30.3 Å². The van der Waals surface area contributed by atoms with Gasteiger partial charge in [-0.2, -0.15) is 0 Å². The van der Waals surface area contributed by atoms with Crippen molar-refractivity contribution in [1.82, 2.24) is 4.98 Å². The minimum absolute atomic E-state index is 0.102. The molecule has 0 bridgehead atoms. The SMILES string of the molecule is CC(Nc1cncc(C(=O)Nc2ccccc2Cl)c1)c1ccccc1. The maximum absolute atomic E-state index is 12.4. The van der Waals surface area contributed by atoms with Crippen molar-refractivity contribution in [2.45, 2.75) is 13.0 Å². The Balaban J connectivity index is 1.73. The maximum Gasteiger partial charge on any atom is 0.257 e. The predicted molar refractivity (Wildman–Crippen MR) is 102 cm³/mol. The lowest BCUT2D eigenvalue weighted by Gasteiger charge is -2.16. The molecule has 0 saturated carbocycles. The normalized spacial score (nSPS) is 11.6. The number of pyridine rings is 1. The number of carbonyl (C=O) groups is 1. The number of carbonyl (C=O) groups excluding carboxylic acids is 1. The quantitative estimate of drug-likeness (QED) is 0.667. The topological polar surface area (TPSA) is 54.0 Å². The highest BCUT2D eigenvalue weighted by molar-refractivity contribution is 6.33. The molecule has 2 N–H and O–H groups in total. The van der Waals surface area contributed by atoms with Crippen LogP contribution in [0.25, 0.3) is 0 Å². The number of amides is 1. The number of nitrogens with one attached hydrogen (secondary N) is 2. The molecule has 1 atom stereocenters. The minimum atomic E-state index is -0.253. The highest BCUT2D eigenvalue weighted by Gasteiger charge is 2.11. The third-order valence-corrected chi connectivity index (χ3v) is 4.13. The van der Waals surface area contributed by atoms with Crippen molar-refractivity contribution in [2.75, 3.05) is 10.6 Å². The van der Waals surface area contributed by atoms with E-state index in [-0.39, 0.29) is 11.9 Å². The van der Waals surface area contributed by atoms with Crippen LogP contribution < -0.4 is 10.6 Å². The first-order chi connectivity index (χ1) is 12.1. The molecule has 1 heterocycles. The van der Waals surface area contributed by atoms with Crippen molar-refractivity contribution in [3.05, 3.63) is 89.2 Å². The fraction of sp³-hybridized carbons (Fsp3) is 0.100. The summed E-state index contributed by atoms with van der Waals surface area (Å²) < 4.78 is 0. The first-order valence-corrected chi connectivity index (χ1v) is 8.33. The fourth-order valence-corrected chi connectivity index (χ4v) is 2.66. The Hall–Kier alpha value is -2.85. The van der Waals surface area contributed by atoms with Crippen molar-refractivity contribution in [3.63, 3.8) is 0 Å². The van der Waals surface area contributed by atoms with Gasteiger partial charge in [0.15, 0.2) is 0 Å². The molecule has 0 aliphatic carbocycles. The summed E-state index contributed by atoms with van der Waals surface area (Å²) >= 11 is 6.08. The largest absolute Gasteiger partial charge is 0.377 e. The first kappa shape index (κ1) is 17.0. The summed E-state index contributed by atoms with van der Waals surface area (Å²) in [5.74, 6) is -0.253. The molecule has 0 spiro atoms. The van der Waals surface area contributed by atoms with Gasteiger partial charge in [0.05, 0.1) is 22.0 Å². The van der Waals surface area contributed by atoms with Gasteiger partial charge in [0.1, 0.15) is 0 Å². The Kier molecular flexibility index (Phi) is 5.31. The summed E-state index contributed by atoms with van der Waals surface area (Å²) in [6, 6.07) is 19.1. The van der Waals surface area contributed by atoms with E-state index in [1.165, 1.54) is 6.20 Å². The predicted octanol–water partition coefficient (Wildman–Crippen LogP) is 5.16. The minimum Gasteiger partial charge on any atom is -0.377 e. The smallest absolute Gasteiger partial charge is 0.257 e. The van der Waals surface area contributed by atoms with Crippen LogP contribution in [0, 0.1) is 0 Å². The van der Waals surface area contributed by atoms with Crippen LogP contribution >= 0.6 is 11.6 Å². The van der Waals surface area contributed by atoms with E-state index < -0.39 is 0 Å². The van der Waals surface area contributed by atoms with Crippen molar-refractivity contribution in [2.24, 2.45) is 0 Å². The second-order valence-electron chi connectivity index (χ2n) is 5.67. The molecule has 126 valence electrons. The number of anilines is 2. The summed E-state index contributed by atoms with van der Waals surface area (Å²) in [6.07, 6.45) is 3.23. The van der Waals surface area contributed by atoms with E-state index in [9.17, 15) is 4.79 Å². The molecule has 25 heavy (non-hydrogen) atoms. The van der Waals surface area contributed by atoms with E-state index in [0.29, 0.717) is 16.3 Å². The van der Waals surface area contributed by atoms with Gasteiger partial charge in [-0.25, -0.2) is 0 Å². The third kappa shape index (κ3) is 4.37.